The smallest absolute Gasteiger partial charge is 0.324 e. The lowest BCUT2D eigenvalue weighted by molar-refractivity contribution is -0.123. The molecule has 0 fully saturated rings. The number of aromatic nitrogens is 2. The number of anilines is 1. The summed E-state index contributed by atoms with van der Waals surface area (Å²) in [6.45, 7) is 4.83. The number of urea groups is 1. The number of para-hydroxylation sites is 2. The van der Waals surface area contributed by atoms with E-state index < -0.39 is 6.04 Å². The van der Waals surface area contributed by atoms with Crippen molar-refractivity contribution >= 4 is 28.9 Å². The predicted molar refractivity (Wildman–Crippen MR) is 108 cm³/mol. The molecule has 1 aliphatic heterocycles. The Morgan fingerprint density at radius 3 is 2.46 bits per heavy atom. The Labute approximate surface area is 163 Å². The minimum Gasteiger partial charge on any atom is -0.348 e. The van der Waals surface area contributed by atoms with E-state index in [9.17, 15) is 9.59 Å². The minimum atomic E-state index is -0.655. The zero-order valence-electron chi connectivity index (χ0n) is 15.9. The van der Waals surface area contributed by atoms with Gasteiger partial charge in [-0.25, -0.2) is 9.78 Å². The van der Waals surface area contributed by atoms with Gasteiger partial charge in [-0.2, -0.15) is 0 Å². The fourth-order valence-corrected chi connectivity index (χ4v) is 3.47. The van der Waals surface area contributed by atoms with Crippen LogP contribution in [0.4, 0.5) is 10.7 Å². The first-order valence-corrected chi connectivity index (χ1v) is 9.43. The SMILES string of the molecule is C[C@H](NC(=O)N1CCn2c1nc1ccccc12)C(=O)N[C@H](C)c1ccccc1. The van der Waals surface area contributed by atoms with Gasteiger partial charge >= 0.3 is 6.03 Å². The lowest BCUT2D eigenvalue weighted by Gasteiger charge is -2.21. The second-order valence-corrected chi connectivity index (χ2v) is 7.02. The summed E-state index contributed by atoms with van der Waals surface area (Å²) in [7, 11) is 0. The van der Waals surface area contributed by atoms with Crippen LogP contribution in [0.15, 0.2) is 54.6 Å². The summed E-state index contributed by atoms with van der Waals surface area (Å²) in [5.41, 5.74) is 2.88. The molecule has 0 spiro atoms. The van der Waals surface area contributed by atoms with Gasteiger partial charge in [-0.1, -0.05) is 42.5 Å². The van der Waals surface area contributed by atoms with Gasteiger partial charge in [0.25, 0.3) is 0 Å². The molecule has 3 aromatic rings. The van der Waals surface area contributed by atoms with Crippen LogP contribution in [0.25, 0.3) is 11.0 Å². The number of fused-ring (bicyclic) bond motifs is 3. The number of carbonyl (C=O) groups excluding carboxylic acids is 2. The molecule has 0 unspecified atom stereocenters. The predicted octanol–water partition coefficient (Wildman–Crippen LogP) is 2.83. The highest BCUT2D eigenvalue weighted by atomic mass is 16.2. The van der Waals surface area contributed by atoms with E-state index in [0.717, 1.165) is 16.6 Å². The van der Waals surface area contributed by atoms with E-state index in [0.29, 0.717) is 19.0 Å². The molecule has 1 aliphatic rings. The van der Waals surface area contributed by atoms with Crippen molar-refractivity contribution in [2.45, 2.75) is 32.5 Å². The van der Waals surface area contributed by atoms with E-state index in [1.807, 2.05) is 66.1 Å². The van der Waals surface area contributed by atoms with Gasteiger partial charge in [-0.15, -0.1) is 0 Å². The van der Waals surface area contributed by atoms with E-state index >= 15 is 0 Å². The Kier molecular flexibility index (Phi) is 4.73. The van der Waals surface area contributed by atoms with Crippen molar-refractivity contribution in [2.75, 3.05) is 11.4 Å². The zero-order chi connectivity index (χ0) is 19.7. The summed E-state index contributed by atoms with van der Waals surface area (Å²) in [4.78, 5) is 31.4. The molecule has 0 aliphatic carbocycles. The molecule has 7 nitrogen and oxygen atoms in total. The first kappa shape index (κ1) is 18.0. The van der Waals surface area contributed by atoms with Crippen LogP contribution in [0.5, 0.6) is 0 Å². The number of imidazole rings is 1. The maximum absolute atomic E-state index is 12.7. The van der Waals surface area contributed by atoms with E-state index in [-0.39, 0.29) is 18.0 Å². The number of carbonyl (C=O) groups is 2. The van der Waals surface area contributed by atoms with Crippen LogP contribution in [-0.2, 0) is 11.3 Å². The molecule has 28 heavy (non-hydrogen) atoms. The molecule has 2 heterocycles. The maximum atomic E-state index is 12.7. The van der Waals surface area contributed by atoms with Gasteiger partial charge in [-0.05, 0) is 31.5 Å². The fourth-order valence-electron chi connectivity index (χ4n) is 3.47. The van der Waals surface area contributed by atoms with Gasteiger partial charge in [0.05, 0.1) is 17.1 Å². The number of nitrogens with one attached hydrogen (secondary N) is 2. The number of nitrogens with zero attached hydrogens (tertiary/aromatic N) is 3. The molecule has 144 valence electrons. The maximum Gasteiger partial charge on any atom is 0.324 e. The first-order valence-electron chi connectivity index (χ1n) is 9.43. The molecule has 4 rings (SSSR count). The molecule has 0 radical (unpaired) electrons. The summed E-state index contributed by atoms with van der Waals surface area (Å²) < 4.78 is 2.02. The molecule has 2 atom stereocenters. The third-order valence-corrected chi connectivity index (χ3v) is 5.06. The van der Waals surface area contributed by atoms with Gasteiger partial charge in [-0.3, -0.25) is 9.69 Å². The highest BCUT2D eigenvalue weighted by Gasteiger charge is 2.30. The number of rotatable bonds is 4. The van der Waals surface area contributed by atoms with Gasteiger partial charge in [0.1, 0.15) is 6.04 Å². The van der Waals surface area contributed by atoms with Crippen LogP contribution >= 0.6 is 0 Å². The Hall–Kier alpha value is -3.35. The highest BCUT2D eigenvalue weighted by Crippen LogP contribution is 2.27. The molecule has 0 saturated carbocycles. The van der Waals surface area contributed by atoms with E-state index in [2.05, 4.69) is 15.6 Å². The van der Waals surface area contributed by atoms with Crippen molar-refractivity contribution in [3.8, 4) is 0 Å². The molecule has 0 bridgehead atoms. The van der Waals surface area contributed by atoms with Crippen LogP contribution in [0.3, 0.4) is 0 Å². The number of amides is 3. The first-order chi connectivity index (χ1) is 13.5. The number of hydrogen-bond acceptors (Lipinski definition) is 3. The largest absolute Gasteiger partial charge is 0.348 e. The van der Waals surface area contributed by atoms with Crippen LogP contribution in [0.2, 0.25) is 0 Å². The van der Waals surface area contributed by atoms with E-state index in [4.69, 9.17) is 0 Å². The lowest BCUT2D eigenvalue weighted by Crippen LogP contribution is -2.50. The average Bonchev–Trinajstić information content (AvgIpc) is 3.27. The molecule has 2 N–H and O–H groups in total. The summed E-state index contributed by atoms with van der Waals surface area (Å²) in [6.07, 6.45) is 0. The van der Waals surface area contributed by atoms with Gasteiger partial charge in [0.15, 0.2) is 0 Å². The van der Waals surface area contributed by atoms with Crippen LogP contribution in [0, 0.1) is 0 Å². The van der Waals surface area contributed by atoms with Crippen LogP contribution in [-0.4, -0.2) is 34.1 Å². The molecule has 0 saturated heterocycles. The normalized spacial score (nSPS) is 15.1. The molecule has 1 aromatic heterocycles. The summed E-state index contributed by atoms with van der Waals surface area (Å²) in [5.74, 6) is 0.390. The topological polar surface area (TPSA) is 79.3 Å². The highest BCUT2D eigenvalue weighted by molar-refractivity contribution is 5.96. The van der Waals surface area contributed by atoms with Crippen molar-refractivity contribution in [2.24, 2.45) is 0 Å². The number of benzene rings is 2. The average molecular weight is 377 g/mol. The van der Waals surface area contributed by atoms with Gasteiger partial charge < -0.3 is 15.2 Å². The summed E-state index contributed by atoms with van der Waals surface area (Å²) in [6, 6.07) is 16.4. The monoisotopic (exact) mass is 377 g/mol. The van der Waals surface area contributed by atoms with Crippen LogP contribution in [0.1, 0.15) is 25.5 Å². The van der Waals surface area contributed by atoms with E-state index in [1.54, 1.807) is 11.8 Å². The Bertz CT molecular complexity index is 1010. The third kappa shape index (κ3) is 3.31. The van der Waals surface area contributed by atoms with Gasteiger partial charge in [0.2, 0.25) is 11.9 Å². The zero-order valence-corrected chi connectivity index (χ0v) is 15.9. The van der Waals surface area contributed by atoms with Crippen molar-refractivity contribution in [1.29, 1.82) is 0 Å². The summed E-state index contributed by atoms with van der Waals surface area (Å²) in [5, 5.41) is 5.72. The van der Waals surface area contributed by atoms with Gasteiger partial charge in [0, 0.05) is 13.1 Å². The quantitative estimate of drug-likeness (QED) is 0.734. The Morgan fingerprint density at radius 1 is 0.964 bits per heavy atom. The Morgan fingerprint density at radius 2 is 1.68 bits per heavy atom. The molecule has 7 heteroatoms. The molecular formula is C21H23N5O2. The second kappa shape index (κ2) is 7.34. The van der Waals surface area contributed by atoms with Crippen LogP contribution < -0.4 is 15.5 Å². The summed E-state index contributed by atoms with van der Waals surface area (Å²) >= 11 is 0. The molecule has 2 aromatic carbocycles. The van der Waals surface area contributed by atoms with Crippen molar-refractivity contribution in [3.05, 3.63) is 60.2 Å². The lowest BCUT2D eigenvalue weighted by atomic mass is 10.1. The minimum absolute atomic E-state index is 0.135. The Balaban J connectivity index is 1.41. The fraction of sp³-hybridized carbons (Fsp3) is 0.286. The number of hydrogen-bond donors (Lipinski definition) is 2. The molecule has 3 amide bonds. The standard InChI is InChI=1S/C21H23N5O2/c1-14(16-8-4-3-5-9-16)22-19(27)15(2)23-21(28)26-13-12-25-18-11-7-6-10-17(18)24-20(25)26/h3-11,14-15H,12-13H2,1-2H3,(H,22,27)(H,23,28)/t14-,15+/m1/s1. The van der Waals surface area contributed by atoms with Crippen molar-refractivity contribution in [1.82, 2.24) is 20.2 Å². The van der Waals surface area contributed by atoms with Crippen molar-refractivity contribution in [3.63, 3.8) is 0 Å². The third-order valence-electron chi connectivity index (χ3n) is 5.06. The van der Waals surface area contributed by atoms with E-state index in [1.165, 1.54) is 0 Å². The second-order valence-electron chi connectivity index (χ2n) is 7.02. The molecular weight excluding hydrogens is 354 g/mol. The van der Waals surface area contributed by atoms with Crippen molar-refractivity contribution < 1.29 is 9.59 Å².